The standard InChI is InChI=1S/C35H35N5/c1-6-35(5,34-36-25(3)22-26(4)37-34)21-20-24(2)29-18-13-19-30(23-29)32-38-31(27-14-9-7-10-15-27)39-33(40(32)39)28-16-11-8-12-17-28/h6-20,22-23,31,33H,1,21H2,2-5H3/b24-20+/t31?,33?,35-,39?,40?/m1/s1. The van der Waals surface area contributed by atoms with Crippen LogP contribution in [-0.2, 0) is 5.41 Å². The number of aliphatic imine (C=N–C) groups is 1. The van der Waals surface area contributed by atoms with Crippen molar-refractivity contribution >= 4 is 11.4 Å². The van der Waals surface area contributed by atoms with Crippen LogP contribution >= 0.6 is 0 Å². The molecule has 4 aromatic rings. The molecule has 5 nitrogen and oxygen atoms in total. The van der Waals surface area contributed by atoms with Gasteiger partial charge in [-0.1, -0.05) is 91.0 Å². The van der Waals surface area contributed by atoms with Crippen molar-refractivity contribution in [3.8, 4) is 0 Å². The van der Waals surface area contributed by atoms with E-state index in [4.69, 9.17) is 15.0 Å². The lowest BCUT2D eigenvalue weighted by atomic mass is 9.84. The maximum absolute atomic E-state index is 5.21. The molecule has 4 atom stereocenters. The molecule has 40 heavy (non-hydrogen) atoms. The number of hydrazine groups is 1. The molecule has 2 aliphatic rings. The zero-order valence-electron chi connectivity index (χ0n) is 23.6. The van der Waals surface area contributed by atoms with E-state index in [1.165, 1.54) is 22.3 Å². The molecular weight excluding hydrogens is 490 g/mol. The van der Waals surface area contributed by atoms with Crippen LogP contribution in [0, 0.1) is 13.8 Å². The Balaban J connectivity index is 1.30. The second-order valence-electron chi connectivity index (χ2n) is 11.0. The minimum Gasteiger partial charge on any atom is -0.261 e. The Hall–Kier alpha value is -4.35. The summed E-state index contributed by atoms with van der Waals surface area (Å²) in [7, 11) is 0. The van der Waals surface area contributed by atoms with Crippen LogP contribution in [-0.4, -0.2) is 25.8 Å². The lowest BCUT2D eigenvalue weighted by molar-refractivity contribution is 0.341. The topological polar surface area (TPSA) is 44.2 Å². The summed E-state index contributed by atoms with van der Waals surface area (Å²) in [5.74, 6) is 1.83. The van der Waals surface area contributed by atoms with Crippen LogP contribution in [0.1, 0.15) is 72.1 Å². The molecule has 0 amide bonds. The second kappa shape index (κ2) is 10.3. The number of hydrogen-bond acceptors (Lipinski definition) is 5. The van der Waals surface area contributed by atoms with Gasteiger partial charge in [0.1, 0.15) is 24.0 Å². The van der Waals surface area contributed by atoms with Crippen molar-refractivity contribution in [1.82, 2.24) is 20.0 Å². The van der Waals surface area contributed by atoms with Crippen molar-refractivity contribution in [2.75, 3.05) is 0 Å². The van der Waals surface area contributed by atoms with Crippen molar-refractivity contribution in [3.05, 3.63) is 149 Å². The van der Waals surface area contributed by atoms with Gasteiger partial charge in [0, 0.05) is 22.4 Å². The second-order valence-corrected chi connectivity index (χ2v) is 11.0. The van der Waals surface area contributed by atoms with Crippen LogP contribution in [0.2, 0.25) is 0 Å². The Morgan fingerprint density at radius 3 is 2.17 bits per heavy atom. The Kier molecular flexibility index (Phi) is 6.68. The van der Waals surface area contributed by atoms with Crippen molar-refractivity contribution in [2.24, 2.45) is 4.99 Å². The number of hydrogen-bond donors (Lipinski definition) is 0. The highest BCUT2D eigenvalue weighted by Gasteiger charge is 2.57. The van der Waals surface area contributed by atoms with E-state index in [2.05, 4.69) is 121 Å². The van der Waals surface area contributed by atoms with Gasteiger partial charge in [0.2, 0.25) is 0 Å². The summed E-state index contributed by atoms with van der Waals surface area (Å²) in [5, 5.41) is 4.70. The normalized spacial score (nSPS) is 21.4. The molecule has 1 fully saturated rings. The molecule has 0 saturated carbocycles. The predicted octanol–water partition coefficient (Wildman–Crippen LogP) is 7.72. The summed E-state index contributed by atoms with van der Waals surface area (Å²) in [6.07, 6.45) is 5.17. The van der Waals surface area contributed by atoms with Gasteiger partial charge in [-0.3, -0.25) is 5.01 Å². The molecule has 0 N–H and O–H groups in total. The Morgan fingerprint density at radius 2 is 1.52 bits per heavy atom. The molecule has 5 heteroatoms. The Labute approximate surface area is 237 Å². The molecule has 2 aliphatic heterocycles. The first-order valence-corrected chi connectivity index (χ1v) is 13.9. The number of aromatic nitrogens is 2. The minimum atomic E-state index is -0.350. The smallest absolute Gasteiger partial charge is 0.150 e. The average Bonchev–Trinajstić information content (AvgIpc) is 3.59. The molecule has 0 radical (unpaired) electrons. The fraction of sp³-hybridized carbons (Fsp3) is 0.229. The number of rotatable bonds is 8. The lowest BCUT2D eigenvalue weighted by Gasteiger charge is -2.23. The first-order chi connectivity index (χ1) is 19.4. The summed E-state index contributed by atoms with van der Waals surface area (Å²) >= 11 is 0. The number of allylic oxidation sites excluding steroid dienone is 3. The van der Waals surface area contributed by atoms with Gasteiger partial charge in [0.05, 0.1) is 0 Å². The van der Waals surface area contributed by atoms with Crippen LogP contribution < -0.4 is 0 Å². The van der Waals surface area contributed by atoms with E-state index in [9.17, 15) is 0 Å². The summed E-state index contributed by atoms with van der Waals surface area (Å²) in [4.78, 5) is 14.7. The highest BCUT2D eigenvalue weighted by molar-refractivity contribution is 6.02. The number of benzene rings is 3. The van der Waals surface area contributed by atoms with Crippen LogP contribution in [0.4, 0.5) is 0 Å². The SMILES string of the molecule is C=C[C@](C)(C/C=C(\C)c1cccc(C2=NC(c3ccccc3)N3C(c4ccccc4)N23)c1)c1nc(C)cc(C)n1. The molecule has 3 aromatic carbocycles. The quantitative estimate of drug-likeness (QED) is 0.174. The monoisotopic (exact) mass is 525 g/mol. The largest absolute Gasteiger partial charge is 0.261 e. The van der Waals surface area contributed by atoms with Gasteiger partial charge < -0.3 is 0 Å². The van der Waals surface area contributed by atoms with Gasteiger partial charge in [-0.15, -0.1) is 6.58 Å². The van der Waals surface area contributed by atoms with E-state index in [0.717, 1.165) is 35.0 Å². The first-order valence-electron chi connectivity index (χ1n) is 13.9. The molecule has 6 rings (SSSR count). The summed E-state index contributed by atoms with van der Waals surface area (Å²) in [6.45, 7) is 12.5. The van der Waals surface area contributed by atoms with Crippen LogP contribution in [0.5, 0.6) is 0 Å². The number of amidine groups is 1. The molecule has 200 valence electrons. The molecule has 1 saturated heterocycles. The predicted molar refractivity (Wildman–Crippen MR) is 162 cm³/mol. The maximum Gasteiger partial charge on any atom is 0.150 e. The van der Waals surface area contributed by atoms with Crippen LogP contribution in [0.3, 0.4) is 0 Å². The van der Waals surface area contributed by atoms with Crippen molar-refractivity contribution in [2.45, 2.75) is 51.9 Å². The summed E-state index contributed by atoms with van der Waals surface area (Å²) < 4.78 is 0. The van der Waals surface area contributed by atoms with Crippen molar-refractivity contribution in [3.63, 3.8) is 0 Å². The number of fused-ring (bicyclic) bond motifs is 1. The third kappa shape index (κ3) is 4.78. The van der Waals surface area contributed by atoms with Crippen molar-refractivity contribution in [1.29, 1.82) is 0 Å². The van der Waals surface area contributed by atoms with E-state index in [-0.39, 0.29) is 17.7 Å². The van der Waals surface area contributed by atoms with E-state index in [1.807, 2.05) is 26.0 Å². The Bertz CT molecular complexity index is 1590. The van der Waals surface area contributed by atoms with E-state index in [0.29, 0.717) is 0 Å². The lowest BCUT2D eigenvalue weighted by Crippen LogP contribution is -2.22. The van der Waals surface area contributed by atoms with Crippen molar-refractivity contribution < 1.29 is 0 Å². The van der Waals surface area contributed by atoms with Gasteiger partial charge in [-0.2, -0.15) is 5.01 Å². The highest BCUT2D eigenvalue weighted by atomic mass is 15.9. The van der Waals surface area contributed by atoms with E-state index in [1.54, 1.807) is 0 Å². The number of aryl methyl sites for hydroxylation is 2. The third-order valence-corrected chi connectivity index (χ3v) is 7.94. The third-order valence-electron chi connectivity index (χ3n) is 7.94. The number of nitrogens with zero attached hydrogens (tertiary/aromatic N) is 5. The minimum absolute atomic E-state index is 0.0345. The maximum atomic E-state index is 5.21. The van der Waals surface area contributed by atoms with Gasteiger partial charge in [-0.05, 0) is 68.5 Å². The molecule has 3 heterocycles. The average molecular weight is 526 g/mol. The van der Waals surface area contributed by atoms with E-state index < -0.39 is 0 Å². The summed E-state index contributed by atoms with van der Waals surface area (Å²) in [5.41, 5.74) is 7.60. The fourth-order valence-electron chi connectivity index (χ4n) is 5.51. The highest BCUT2D eigenvalue weighted by Crippen LogP contribution is 2.53. The zero-order chi connectivity index (χ0) is 27.9. The molecule has 1 aromatic heterocycles. The Morgan fingerprint density at radius 1 is 0.875 bits per heavy atom. The van der Waals surface area contributed by atoms with Gasteiger partial charge in [0.25, 0.3) is 0 Å². The van der Waals surface area contributed by atoms with Crippen LogP contribution in [0.15, 0.2) is 115 Å². The molecular formula is C35H35N5. The van der Waals surface area contributed by atoms with Gasteiger partial charge >= 0.3 is 0 Å². The molecule has 0 aliphatic carbocycles. The van der Waals surface area contributed by atoms with Gasteiger partial charge in [0.15, 0.2) is 0 Å². The molecule has 0 spiro atoms. The zero-order valence-corrected chi connectivity index (χ0v) is 23.6. The van der Waals surface area contributed by atoms with Gasteiger partial charge in [-0.25, -0.2) is 15.0 Å². The fourth-order valence-corrected chi connectivity index (χ4v) is 5.51. The molecule has 3 unspecified atom stereocenters. The van der Waals surface area contributed by atoms with E-state index >= 15 is 0 Å². The molecule has 0 bridgehead atoms. The first kappa shape index (κ1) is 25.9. The summed E-state index contributed by atoms with van der Waals surface area (Å²) in [6, 6.07) is 32.0. The van der Waals surface area contributed by atoms with Crippen LogP contribution in [0.25, 0.3) is 5.57 Å².